The second-order valence-corrected chi connectivity index (χ2v) is 8.72. The predicted octanol–water partition coefficient (Wildman–Crippen LogP) is 4.72. The molecule has 29 heavy (non-hydrogen) atoms. The number of benzene rings is 1. The topological polar surface area (TPSA) is 81.3 Å². The van der Waals surface area contributed by atoms with E-state index < -0.39 is 12.1 Å². The fourth-order valence-corrected chi connectivity index (χ4v) is 4.06. The number of carbonyl (C=O) groups excluding carboxylic acids is 1. The smallest absolute Gasteiger partial charge is 0.344 e. The number of hydrogen-bond acceptors (Lipinski definition) is 6. The van der Waals surface area contributed by atoms with Crippen molar-refractivity contribution < 1.29 is 14.3 Å². The predicted molar refractivity (Wildman–Crippen MR) is 115 cm³/mol. The number of rotatable bonds is 6. The first-order valence-electron chi connectivity index (χ1n) is 9.60. The van der Waals surface area contributed by atoms with E-state index in [0.717, 1.165) is 21.6 Å². The number of H-pyrrole nitrogens is 1. The van der Waals surface area contributed by atoms with Gasteiger partial charge in [-0.3, -0.25) is 4.79 Å². The van der Waals surface area contributed by atoms with Crippen LogP contribution in [0.4, 0.5) is 0 Å². The first-order valence-corrected chi connectivity index (χ1v) is 10.4. The molecular formula is C22H26N2O4S. The Labute approximate surface area is 173 Å². The van der Waals surface area contributed by atoms with Gasteiger partial charge in [0.25, 0.3) is 5.56 Å². The third-order valence-corrected chi connectivity index (χ3v) is 6.08. The van der Waals surface area contributed by atoms with Crippen LogP contribution in [0.3, 0.4) is 0 Å². The largest absolute Gasteiger partial charge is 0.482 e. The molecule has 0 saturated carbocycles. The zero-order valence-electron chi connectivity index (χ0n) is 17.6. The molecule has 1 atom stereocenters. The van der Waals surface area contributed by atoms with Crippen LogP contribution < -0.4 is 10.3 Å². The molecule has 0 spiro atoms. The molecule has 6 nitrogen and oxygen atoms in total. The lowest BCUT2D eigenvalue weighted by molar-refractivity contribution is -0.151. The van der Waals surface area contributed by atoms with E-state index >= 15 is 0 Å². The number of fused-ring (bicyclic) bond motifs is 1. The Hall–Kier alpha value is -2.67. The van der Waals surface area contributed by atoms with Crippen molar-refractivity contribution in [2.75, 3.05) is 6.61 Å². The third kappa shape index (κ3) is 4.50. The Balaban J connectivity index is 1.69. The number of hydrogen-bond donors (Lipinski definition) is 1. The summed E-state index contributed by atoms with van der Waals surface area (Å²) in [5, 5.41) is 0.596. The first-order chi connectivity index (χ1) is 13.7. The van der Waals surface area contributed by atoms with E-state index in [-0.39, 0.29) is 12.2 Å². The van der Waals surface area contributed by atoms with Crippen molar-refractivity contribution in [1.29, 1.82) is 0 Å². The van der Waals surface area contributed by atoms with Gasteiger partial charge in [0.1, 0.15) is 10.6 Å². The second kappa shape index (κ2) is 8.37. The SMILES string of the molecule is Cc1ccc(C(C)C)cc1OCC(=O)O[C@H](C)c1nc2sc(C)c(C)c2c(=O)[nH]1. The van der Waals surface area contributed by atoms with Crippen molar-refractivity contribution in [2.24, 2.45) is 0 Å². The number of carbonyl (C=O) groups is 1. The molecule has 154 valence electrons. The minimum Gasteiger partial charge on any atom is -0.482 e. The lowest BCUT2D eigenvalue weighted by atomic mass is 10.0. The summed E-state index contributed by atoms with van der Waals surface area (Å²) in [4.78, 5) is 33.6. The summed E-state index contributed by atoms with van der Waals surface area (Å²) in [5.74, 6) is 0.841. The molecule has 0 aliphatic heterocycles. The van der Waals surface area contributed by atoms with Crippen LogP contribution in [0, 0.1) is 20.8 Å². The van der Waals surface area contributed by atoms with Gasteiger partial charge < -0.3 is 14.5 Å². The van der Waals surface area contributed by atoms with E-state index in [9.17, 15) is 9.59 Å². The zero-order valence-corrected chi connectivity index (χ0v) is 18.4. The number of aryl methyl sites for hydroxylation is 3. The highest BCUT2D eigenvalue weighted by Crippen LogP contribution is 2.27. The molecule has 3 rings (SSSR count). The minimum absolute atomic E-state index is 0.212. The van der Waals surface area contributed by atoms with Gasteiger partial charge in [-0.25, -0.2) is 9.78 Å². The first kappa shape index (κ1) is 21.0. The maximum Gasteiger partial charge on any atom is 0.344 e. The molecule has 0 fully saturated rings. The number of nitrogens with one attached hydrogen (secondary N) is 1. The Morgan fingerprint density at radius 2 is 1.93 bits per heavy atom. The molecule has 0 radical (unpaired) electrons. The van der Waals surface area contributed by atoms with Crippen LogP contribution in [0.1, 0.15) is 60.2 Å². The molecule has 7 heteroatoms. The zero-order chi connectivity index (χ0) is 21.3. The summed E-state index contributed by atoms with van der Waals surface area (Å²) >= 11 is 1.46. The minimum atomic E-state index is -0.686. The van der Waals surface area contributed by atoms with Crippen LogP contribution in [-0.4, -0.2) is 22.5 Å². The van der Waals surface area contributed by atoms with Crippen molar-refractivity contribution in [2.45, 2.75) is 53.6 Å². The Morgan fingerprint density at radius 3 is 2.62 bits per heavy atom. The van der Waals surface area contributed by atoms with Gasteiger partial charge in [-0.05, 0) is 56.4 Å². The molecule has 0 bridgehead atoms. The van der Waals surface area contributed by atoms with Crippen molar-refractivity contribution >= 4 is 27.5 Å². The van der Waals surface area contributed by atoms with Gasteiger partial charge >= 0.3 is 5.97 Å². The van der Waals surface area contributed by atoms with Gasteiger partial charge in [0.2, 0.25) is 0 Å². The Kier molecular flexibility index (Phi) is 6.07. The second-order valence-electron chi connectivity index (χ2n) is 7.51. The molecule has 0 saturated heterocycles. The van der Waals surface area contributed by atoms with Gasteiger partial charge in [0.05, 0.1) is 5.39 Å². The number of esters is 1. The summed E-state index contributed by atoms with van der Waals surface area (Å²) in [7, 11) is 0. The molecule has 1 aromatic carbocycles. The van der Waals surface area contributed by atoms with Crippen LogP contribution in [-0.2, 0) is 9.53 Å². The number of aromatic nitrogens is 2. The number of aromatic amines is 1. The normalized spacial score (nSPS) is 12.4. The van der Waals surface area contributed by atoms with Crippen molar-refractivity contribution in [3.63, 3.8) is 0 Å². The Morgan fingerprint density at radius 1 is 1.21 bits per heavy atom. The highest BCUT2D eigenvalue weighted by molar-refractivity contribution is 7.18. The van der Waals surface area contributed by atoms with Crippen LogP contribution in [0.5, 0.6) is 5.75 Å². The highest BCUT2D eigenvalue weighted by Gasteiger charge is 2.18. The van der Waals surface area contributed by atoms with Crippen molar-refractivity contribution in [3.8, 4) is 5.75 Å². The third-order valence-electron chi connectivity index (χ3n) is 4.98. The van der Waals surface area contributed by atoms with Crippen LogP contribution in [0.2, 0.25) is 0 Å². The highest BCUT2D eigenvalue weighted by atomic mass is 32.1. The fraction of sp³-hybridized carbons (Fsp3) is 0.409. The van der Waals surface area contributed by atoms with Gasteiger partial charge in [-0.2, -0.15) is 0 Å². The molecule has 0 aliphatic rings. The van der Waals surface area contributed by atoms with E-state index in [1.54, 1.807) is 6.92 Å². The lowest BCUT2D eigenvalue weighted by Crippen LogP contribution is -2.20. The van der Waals surface area contributed by atoms with Crippen LogP contribution in [0.25, 0.3) is 10.2 Å². The van der Waals surface area contributed by atoms with E-state index in [4.69, 9.17) is 9.47 Å². The summed E-state index contributed by atoms with van der Waals surface area (Å²) < 4.78 is 11.1. The molecule has 0 amide bonds. The lowest BCUT2D eigenvalue weighted by Gasteiger charge is -2.15. The van der Waals surface area contributed by atoms with Gasteiger partial charge in [0.15, 0.2) is 18.5 Å². The van der Waals surface area contributed by atoms with Crippen LogP contribution >= 0.6 is 11.3 Å². The fourth-order valence-electron chi connectivity index (χ4n) is 3.02. The molecule has 0 aliphatic carbocycles. The van der Waals surface area contributed by atoms with E-state index in [1.165, 1.54) is 11.3 Å². The average molecular weight is 415 g/mol. The molecule has 1 N–H and O–H groups in total. The van der Waals surface area contributed by atoms with Crippen molar-refractivity contribution in [1.82, 2.24) is 9.97 Å². The van der Waals surface area contributed by atoms with Gasteiger partial charge in [0, 0.05) is 4.88 Å². The standard InChI is InChI=1S/C22H26N2O4S/c1-11(2)16-8-7-12(3)17(9-16)27-10-18(25)28-14(5)20-23-21(26)19-13(4)15(6)29-22(19)24-20/h7-9,11,14H,10H2,1-6H3,(H,23,24,26)/t14-/m1/s1. The summed E-state index contributed by atoms with van der Waals surface area (Å²) in [6, 6.07) is 5.98. The van der Waals surface area contributed by atoms with E-state index in [2.05, 4.69) is 29.9 Å². The Bertz CT molecular complexity index is 1110. The van der Waals surface area contributed by atoms with Gasteiger partial charge in [-0.15, -0.1) is 11.3 Å². The molecular weight excluding hydrogens is 388 g/mol. The number of ether oxygens (including phenoxy) is 2. The van der Waals surface area contributed by atoms with E-state index in [1.807, 2.05) is 32.9 Å². The molecule has 0 unspecified atom stereocenters. The van der Waals surface area contributed by atoms with E-state index in [0.29, 0.717) is 27.7 Å². The molecule has 3 aromatic rings. The van der Waals surface area contributed by atoms with Gasteiger partial charge in [-0.1, -0.05) is 26.0 Å². The van der Waals surface area contributed by atoms with Crippen molar-refractivity contribution in [3.05, 3.63) is 55.9 Å². The summed E-state index contributed by atoms with van der Waals surface area (Å²) in [5.41, 5.74) is 2.81. The maximum atomic E-state index is 12.4. The monoisotopic (exact) mass is 414 g/mol. The summed E-state index contributed by atoms with van der Waals surface area (Å²) in [6.45, 7) is 11.5. The number of nitrogens with zero attached hydrogens (tertiary/aromatic N) is 1. The maximum absolute atomic E-state index is 12.4. The molecule has 2 aromatic heterocycles. The summed E-state index contributed by atoms with van der Waals surface area (Å²) in [6.07, 6.45) is -0.686. The van der Waals surface area contributed by atoms with Crippen LogP contribution in [0.15, 0.2) is 23.0 Å². The quantitative estimate of drug-likeness (QED) is 0.591. The average Bonchev–Trinajstić information content (AvgIpc) is 2.95. The number of thiophene rings is 1. The molecule has 2 heterocycles.